The van der Waals surface area contributed by atoms with E-state index in [1.807, 2.05) is 6.08 Å². The summed E-state index contributed by atoms with van der Waals surface area (Å²) < 4.78 is 0. The Bertz CT molecular complexity index is 368. The van der Waals surface area contributed by atoms with Gasteiger partial charge in [0.05, 0.1) is 0 Å². The molecule has 0 aromatic heterocycles. The highest BCUT2D eigenvalue weighted by Crippen LogP contribution is 2.24. The second-order valence-corrected chi connectivity index (χ2v) is 4.65. The van der Waals surface area contributed by atoms with Gasteiger partial charge in [0.1, 0.15) is 0 Å². The highest BCUT2D eigenvalue weighted by molar-refractivity contribution is 5.35. The lowest BCUT2D eigenvalue weighted by Gasteiger charge is -2.19. The molecule has 1 aromatic rings. The zero-order valence-corrected chi connectivity index (χ0v) is 10.1. The van der Waals surface area contributed by atoms with Gasteiger partial charge < -0.3 is 5.32 Å². The Kier molecular flexibility index (Phi) is 3.79. The van der Waals surface area contributed by atoms with Crippen LogP contribution >= 0.6 is 0 Å². The molecule has 0 spiro atoms. The van der Waals surface area contributed by atoms with Crippen molar-refractivity contribution < 1.29 is 0 Å². The Hall–Kier alpha value is -1.08. The topological polar surface area (TPSA) is 12.0 Å². The van der Waals surface area contributed by atoms with E-state index in [0.717, 1.165) is 6.54 Å². The summed E-state index contributed by atoms with van der Waals surface area (Å²) in [6.45, 7) is 6.82. The van der Waals surface area contributed by atoms with Crippen molar-refractivity contribution in [1.82, 2.24) is 5.32 Å². The minimum absolute atomic E-state index is 0.422. The van der Waals surface area contributed by atoms with E-state index >= 15 is 0 Å². The van der Waals surface area contributed by atoms with Gasteiger partial charge >= 0.3 is 0 Å². The van der Waals surface area contributed by atoms with Gasteiger partial charge in [-0.2, -0.15) is 0 Å². The normalized spacial score (nSPS) is 16.6. The first kappa shape index (κ1) is 11.4. The summed E-state index contributed by atoms with van der Waals surface area (Å²) in [6, 6.07) is 7.39. The van der Waals surface area contributed by atoms with Gasteiger partial charge in [0.2, 0.25) is 0 Å². The Morgan fingerprint density at radius 3 is 2.81 bits per heavy atom. The van der Waals surface area contributed by atoms with Crippen LogP contribution in [0.5, 0.6) is 0 Å². The van der Waals surface area contributed by atoms with Gasteiger partial charge in [-0.25, -0.2) is 0 Å². The van der Waals surface area contributed by atoms with E-state index in [1.54, 1.807) is 11.1 Å². The largest absolute Gasteiger partial charge is 0.307 e. The maximum atomic E-state index is 3.73. The third-order valence-electron chi connectivity index (χ3n) is 3.44. The summed E-state index contributed by atoms with van der Waals surface area (Å²) in [5.74, 6) is 0. The van der Waals surface area contributed by atoms with E-state index in [4.69, 9.17) is 0 Å². The molecule has 0 fully saturated rings. The quantitative estimate of drug-likeness (QED) is 0.759. The maximum Gasteiger partial charge on any atom is 0.0294 e. The molecule has 86 valence electrons. The first-order valence-electron chi connectivity index (χ1n) is 6.27. The van der Waals surface area contributed by atoms with Crippen LogP contribution in [-0.2, 0) is 12.8 Å². The molecule has 16 heavy (non-hydrogen) atoms. The minimum atomic E-state index is 0.422. The van der Waals surface area contributed by atoms with Crippen LogP contribution < -0.4 is 5.32 Å². The monoisotopic (exact) mass is 215 g/mol. The van der Waals surface area contributed by atoms with E-state index in [2.05, 4.69) is 37.0 Å². The molecule has 0 aliphatic heterocycles. The zero-order chi connectivity index (χ0) is 11.4. The van der Waals surface area contributed by atoms with Crippen LogP contribution in [0.1, 0.15) is 42.5 Å². The number of aryl methyl sites for hydroxylation is 2. The van der Waals surface area contributed by atoms with Gasteiger partial charge in [-0.15, -0.1) is 6.58 Å². The third-order valence-corrected chi connectivity index (χ3v) is 3.44. The van der Waals surface area contributed by atoms with Gasteiger partial charge in [-0.05, 0) is 49.3 Å². The summed E-state index contributed by atoms with van der Waals surface area (Å²) in [5.41, 5.74) is 4.53. The molecule has 1 nitrogen and oxygen atoms in total. The van der Waals surface area contributed by atoms with Crippen molar-refractivity contribution in [3.8, 4) is 0 Å². The molecular weight excluding hydrogens is 194 g/mol. The third kappa shape index (κ3) is 2.53. The fourth-order valence-electron chi connectivity index (χ4n) is 2.40. The molecular formula is C15H21N. The maximum absolute atomic E-state index is 3.73. The second-order valence-electron chi connectivity index (χ2n) is 4.65. The molecule has 1 unspecified atom stereocenters. The summed E-state index contributed by atoms with van der Waals surface area (Å²) >= 11 is 0. The van der Waals surface area contributed by atoms with Crippen LogP contribution in [0, 0.1) is 0 Å². The number of rotatable bonds is 4. The Morgan fingerprint density at radius 1 is 1.31 bits per heavy atom. The van der Waals surface area contributed by atoms with Crippen molar-refractivity contribution in [3.05, 3.63) is 47.5 Å². The predicted molar refractivity (Wildman–Crippen MR) is 69.7 cm³/mol. The fraction of sp³-hybridized carbons (Fsp3) is 0.467. The first-order chi connectivity index (χ1) is 7.81. The van der Waals surface area contributed by atoms with Crippen LogP contribution in [0.15, 0.2) is 30.9 Å². The Labute approximate surface area is 98.6 Å². The standard InChI is InChI=1S/C15H21N/c1-3-10-16-12(2)14-9-8-13-6-4-5-7-15(13)11-14/h3,8-9,11-12,16H,1,4-7,10H2,2H3. The molecule has 1 aliphatic carbocycles. The molecule has 2 rings (SSSR count). The van der Waals surface area contributed by atoms with Crippen LogP contribution in [0.4, 0.5) is 0 Å². The predicted octanol–water partition coefficient (Wildman–Crippen LogP) is 3.40. The Morgan fingerprint density at radius 2 is 2.06 bits per heavy atom. The molecule has 0 amide bonds. The van der Waals surface area contributed by atoms with Gasteiger partial charge in [0, 0.05) is 12.6 Å². The number of fused-ring (bicyclic) bond motifs is 1. The van der Waals surface area contributed by atoms with Crippen molar-refractivity contribution in [2.45, 2.75) is 38.6 Å². The molecule has 0 saturated heterocycles. The summed E-state index contributed by atoms with van der Waals surface area (Å²) in [6.07, 6.45) is 7.15. The smallest absolute Gasteiger partial charge is 0.0294 e. The van der Waals surface area contributed by atoms with Crippen molar-refractivity contribution in [2.24, 2.45) is 0 Å². The number of hydrogen-bond acceptors (Lipinski definition) is 1. The molecule has 1 atom stereocenters. The zero-order valence-electron chi connectivity index (χ0n) is 10.1. The molecule has 0 saturated carbocycles. The van der Waals surface area contributed by atoms with E-state index in [-0.39, 0.29) is 0 Å². The summed E-state index contributed by atoms with van der Waals surface area (Å²) in [7, 11) is 0. The van der Waals surface area contributed by atoms with Crippen molar-refractivity contribution in [2.75, 3.05) is 6.54 Å². The molecule has 1 aromatic carbocycles. The average Bonchev–Trinajstić information content (AvgIpc) is 2.35. The van der Waals surface area contributed by atoms with E-state index < -0.39 is 0 Å². The molecule has 0 bridgehead atoms. The van der Waals surface area contributed by atoms with Gasteiger partial charge in [0.15, 0.2) is 0 Å². The van der Waals surface area contributed by atoms with Gasteiger partial charge in [0.25, 0.3) is 0 Å². The summed E-state index contributed by atoms with van der Waals surface area (Å²) in [4.78, 5) is 0. The Balaban J connectivity index is 2.13. The van der Waals surface area contributed by atoms with Gasteiger partial charge in [-0.1, -0.05) is 24.3 Å². The highest BCUT2D eigenvalue weighted by atomic mass is 14.9. The first-order valence-corrected chi connectivity index (χ1v) is 6.27. The number of hydrogen-bond donors (Lipinski definition) is 1. The van der Waals surface area contributed by atoms with Crippen LogP contribution in [-0.4, -0.2) is 6.54 Å². The molecule has 1 heteroatoms. The van der Waals surface area contributed by atoms with Crippen LogP contribution in [0.25, 0.3) is 0 Å². The lowest BCUT2D eigenvalue weighted by atomic mass is 9.89. The van der Waals surface area contributed by atoms with Crippen LogP contribution in [0.3, 0.4) is 0 Å². The molecule has 1 aliphatic rings. The van der Waals surface area contributed by atoms with E-state index in [9.17, 15) is 0 Å². The van der Waals surface area contributed by atoms with Gasteiger partial charge in [-0.3, -0.25) is 0 Å². The molecule has 0 heterocycles. The van der Waals surface area contributed by atoms with E-state index in [0.29, 0.717) is 6.04 Å². The lowest BCUT2D eigenvalue weighted by molar-refractivity contribution is 0.613. The SMILES string of the molecule is C=CCNC(C)c1ccc2c(c1)CCCC2. The summed E-state index contributed by atoms with van der Waals surface area (Å²) in [5, 5.41) is 3.44. The van der Waals surface area contributed by atoms with Crippen molar-refractivity contribution in [3.63, 3.8) is 0 Å². The minimum Gasteiger partial charge on any atom is -0.307 e. The average molecular weight is 215 g/mol. The fourth-order valence-corrected chi connectivity index (χ4v) is 2.40. The lowest BCUT2D eigenvalue weighted by Crippen LogP contribution is -2.18. The van der Waals surface area contributed by atoms with Crippen molar-refractivity contribution >= 4 is 0 Å². The van der Waals surface area contributed by atoms with Crippen LogP contribution in [0.2, 0.25) is 0 Å². The van der Waals surface area contributed by atoms with Crippen molar-refractivity contribution in [1.29, 1.82) is 0 Å². The van der Waals surface area contributed by atoms with E-state index in [1.165, 1.54) is 31.2 Å². The molecule has 0 radical (unpaired) electrons. The number of nitrogens with one attached hydrogen (secondary N) is 1. The highest BCUT2D eigenvalue weighted by Gasteiger charge is 2.11. The molecule has 1 N–H and O–H groups in total. The second kappa shape index (κ2) is 5.31. The number of benzene rings is 1.